The van der Waals surface area contributed by atoms with Crippen LogP contribution >= 0.6 is 19.8 Å². The smallest absolute Gasteiger partial charge is 0.144 e. The molecule has 0 amide bonds. The first kappa shape index (κ1) is 10.3. The molecule has 3 N–H and O–H groups in total. The number of nitrogens with two attached hydrogens (primary N) is 1. The molecule has 0 aromatic heterocycles. The highest BCUT2D eigenvalue weighted by Crippen LogP contribution is 1.91. The Hall–Kier alpha value is 0.310. The molecule has 0 saturated carbocycles. The summed E-state index contributed by atoms with van der Waals surface area (Å²) in [4.78, 5) is 7.34. The molecule has 0 aromatic carbocycles. The van der Waals surface area contributed by atoms with E-state index in [4.69, 9.17) is 21.1 Å². The highest BCUT2D eigenvalue weighted by molar-refractivity contribution is 7.35. The minimum absolute atomic E-state index is 0.722. The Balaban J connectivity index is 0. The Kier molecular flexibility index (Phi) is 14.1. The lowest BCUT2D eigenvalue weighted by molar-refractivity contribution is 0.504. The molecule has 3 nitrogen and oxygen atoms in total. The summed E-state index contributed by atoms with van der Waals surface area (Å²) in [6.45, 7) is 1.89. The van der Waals surface area contributed by atoms with Gasteiger partial charge in [0.2, 0.25) is 0 Å². The van der Waals surface area contributed by atoms with Crippen molar-refractivity contribution in [2.75, 3.05) is 5.88 Å². The van der Waals surface area contributed by atoms with Crippen LogP contribution in [0.4, 0.5) is 0 Å². The van der Waals surface area contributed by atoms with E-state index in [0.717, 1.165) is 5.88 Å². The molecule has 1 unspecified atom stereocenters. The lowest BCUT2D eigenvalue weighted by atomic mass is 11.0. The zero-order valence-corrected chi connectivity index (χ0v) is 5.62. The molecule has 1 atom stereocenters. The standard InChI is InChI=1S/C2H5Cl.H2NO2P/c1-2-3;1-4(2)3/h2H2,1H3;(H2-,1,2,3)/p+1. The zero-order valence-electron chi connectivity index (χ0n) is 3.97. The fourth-order valence-corrected chi connectivity index (χ4v) is 0. The maximum atomic E-state index is 8.93. The van der Waals surface area contributed by atoms with Gasteiger partial charge in [0, 0.05) is 5.88 Å². The minimum Gasteiger partial charge on any atom is -0.144 e. The average molecular weight is 145 g/mol. The highest BCUT2D eigenvalue weighted by Gasteiger charge is 1.88. The number of halogens is 1. The summed E-state index contributed by atoms with van der Waals surface area (Å²) in [6.07, 6.45) is 0. The van der Waals surface area contributed by atoms with Gasteiger partial charge in [-0.15, -0.1) is 16.5 Å². The lowest BCUT2D eigenvalue weighted by Gasteiger charge is -1.45. The van der Waals surface area contributed by atoms with Crippen molar-refractivity contribution in [2.24, 2.45) is 5.50 Å². The molecule has 7 heavy (non-hydrogen) atoms. The first-order valence-electron chi connectivity index (χ1n) is 1.62. The van der Waals surface area contributed by atoms with Gasteiger partial charge in [0.15, 0.2) is 0 Å². The summed E-state index contributed by atoms with van der Waals surface area (Å²) in [6, 6.07) is 0. The molecule has 5 heteroatoms. The monoisotopic (exact) mass is 144 g/mol. The quantitative estimate of drug-likeness (QED) is 0.391. The van der Waals surface area contributed by atoms with Crippen LogP contribution in [0.1, 0.15) is 6.92 Å². The molecule has 0 aliphatic rings. The molecule has 0 fully saturated rings. The second-order valence-electron chi connectivity index (χ2n) is 0.570. The van der Waals surface area contributed by atoms with Gasteiger partial charge in [-0.25, -0.2) is 0 Å². The van der Waals surface area contributed by atoms with E-state index in [9.17, 15) is 0 Å². The number of rotatable bonds is 0. The van der Waals surface area contributed by atoms with Gasteiger partial charge in [-0.2, -0.15) is 0 Å². The largest absolute Gasteiger partial charge is 0.607 e. The maximum Gasteiger partial charge on any atom is 0.607 e. The van der Waals surface area contributed by atoms with E-state index in [1.165, 1.54) is 0 Å². The van der Waals surface area contributed by atoms with Crippen molar-refractivity contribution in [1.82, 2.24) is 0 Å². The Morgan fingerprint density at radius 2 is 2.00 bits per heavy atom. The summed E-state index contributed by atoms with van der Waals surface area (Å²) in [5.74, 6) is 0.722. The van der Waals surface area contributed by atoms with Crippen molar-refractivity contribution in [1.29, 1.82) is 0 Å². The Morgan fingerprint density at radius 3 is 2.00 bits per heavy atom. The highest BCUT2D eigenvalue weighted by atomic mass is 35.5. The van der Waals surface area contributed by atoms with E-state index in [1.807, 2.05) is 6.92 Å². The molecular formula is C2H8ClNO2P+. The SMILES string of the molecule is CCCl.N[P+](=O)O. The van der Waals surface area contributed by atoms with Crippen LogP contribution in [0.2, 0.25) is 0 Å². The fourth-order valence-electron chi connectivity index (χ4n) is 0. The number of hydrogen-bond acceptors (Lipinski definition) is 1. The summed E-state index contributed by atoms with van der Waals surface area (Å²) < 4.78 is 8.93. The molecular weight excluding hydrogens is 136 g/mol. The van der Waals surface area contributed by atoms with Gasteiger partial charge in [-0.3, -0.25) is 0 Å². The second kappa shape index (κ2) is 9.58. The first-order valence-corrected chi connectivity index (χ1v) is 3.43. The molecule has 44 valence electrons. The normalized spacial score (nSPS) is 8.86. The molecule has 0 radical (unpaired) electrons. The zero-order chi connectivity index (χ0) is 6.28. The molecule has 0 aliphatic carbocycles. The fraction of sp³-hybridized carbons (Fsp3) is 1.00. The van der Waals surface area contributed by atoms with Crippen LogP contribution in [0.3, 0.4) is 0 Å². The molecule has 0 aliphatic heterocycles. The van der Waals surface area contributed by atoms with Crippen molar-refractivity contribution in [2.45, 2.75) is 6.92 Å². The summed E-state index contributed by atoms with van der Waals surface area (Å²) in [5.41, 5.74) is 4.18. The molecule has 0 bridgehead atoms. The minimum atomic E-state index is -2.37. The maximum absolute atomic E-state index is 8.93. The molecule has 0 saturated heterocycles. The van der Waals surface area contributed by atoms with Crippen LogP contribution in [0.15, 0.2) is 0 Å². The predicted octanol–water partition coefficient (Wildman–Crippen LogP) is 0.840. The Morgan fingerprint density at radius 1 is 2.00 bits per heavy atom. The van der Waals surface area contributed by atoms with Crippen LogP contribution in [-0.4, -0.2) is 10.8 Å². The third-order valence-electron chi connectivity index (χ3n) is 0. The molecule has 0 heterocycles. The van der Waals surface area contributed by atoms with Crippen molar-refractivity contribution in [3.05, 3.63) is 0 Å². The van der Waals surface area contributed by atoms with Gasteiger partial charge >= 0.3 is 8.18 Å². The van der Waals surface area contributed by atoms with Crippen molar-refractivity contribution in [3.63, 3.8) is 0 Å². The molecule has 0 aromatic rings. The van der Waals surface area contributed by atoms with Gasteiger partial charge in [0.05, 0.1) is 0 Å². The van der Waals surface area contributed by atoms with Gasteiger partial charge < -0.3 is 0 Å². The van der Waals surface area contributed by atoms with E-state index in [1.54, 1.807) is 0 Å². The van der Waals surface area contributed by atoms with E-state index < -0.39 is 8.18 Å². The van der Waals surface area contributed by atoms with Crippen LogP contribution in [0.5, 0.6) is 0 Å². The summed E-state index contributed by atoms with van der Waals surface area (Å²) in [5, 5.41) is 0. The average Bonchev–Trinajstić information content (AvgIpc) is 1.33. The molecule has 0 rings (SSSR count). The van der Waals surface area contributed by atoms with Gasteiger partial charge in [-0.05, 0) is 4.57 Å². The van der Waals surface area contributed by atoms with Crippen LogP contribution < -0.4 is 5.50 Å². The van der Waals surface area contributed by atoms with Gasteiger partial charge in [0.25, 0.3) is 0 Å². The van der Waals surface area contributed by atoms with Crippen molar-refractivity contribution < 1.29 is 9.46 Å². The van der Waals surface area contributed by atoms with Crippen LogP contribution in [-0.2, 0) is 4.57 Å². The lowest BCUT2D eigenvalue weighted by Crippen LogP contribution is -1.68. The third-order valence-corrected chi connectivity index (χ3v) is 0. The first-order chi connectivity index (χ1) is 3.15. The Labute approximate surface area is 48.4 Å². The second-order valence-corrected chi connectivity index (χ2v) is 1.71. The topological polar surface area (TPSA) is 63.3 Å². The number of alkyl halides is 1. The van der Waals surface area contributed by atoms with Gasteiger partial charge in [-0.1, -0.05) is 12.4 Å². The molecule has 0 spiro atoms. The van der Waals surface area contributed by atoms with Gasteiger partial charge in [0.1, 0.15) is 0 Å². The van der Waals surface area contributed by atoms with Crippen LogP contribution in [0, 0.1) is 0 Å². The Bertz CT molecular complexity index is 47.0. The van der Waals surface area contributed by atoms with Crippen molar-refractivity contribution >= 4 is 19.8 Å². The predicted molar refractivity (Wildman–Crippen MR) is 30.4 cm³/mol. The van der Waals surface area contributed by atoms with Crippen LogP contribution in [0.25, 0.3) is 0 Å². The van der Waals surface area contributed by atoms with E-state index in [-0.39, 0.29) is 0 Å². The number of hydrogen-bond donors (Lipinski definition) is 2. The third kappa shape index (κ3) is 1220. The van der Waals surface area contributed by atoms with Crippen molar-refractivity contribution in [3.8, 4) is 0 Å². The summed E-state index contributed by atoms with van der Waals surface area (Å²) in [7, 11) is -2.37. The van der Waals surface area contributed by atoms with E-state index in [2.05, 4.69) is 5.50 Å². The van der Waals surface area contributed by atoms with E-state index >= 15 is 0 Å². The van der Waals surface area contributed by atoms with E-state index in [0.29, 0.717) is 0 Å². The summed E-state index contributed by atoms with van der Waals surface area (Å²) >= 11 is 5.00.